The van der Waals surface area contributed by atoms with E-state index in [2.05, 4.69) is 107 Å². The van der Waals surface area contributed by atoms with Crippen LogP contribution in [0.15, 0.2) is 71.7 Å². The molecule has 0 spiro atoms. The number of unbranched alkanes of at least 4 members (excludes halogenated alkanes) is 2. The second kappa shape index (κ2) is 12.9. The Labute approximate surface area is 215 Å². The molecule has 1 fully saturated rings. The Hall–Kier alpha value is -1.88. The minimum Gasteiger partial charge on any atom is -0.400 e. The van der Waals surface area contributed by atoms with E-state index in [9.17, 15) is 0 Å². The van der Waals surface area contributed by atoms with E-state index in [0.29, 0.717) is 0 Å². The highest BCUT2D eigenvalue weighted by Crippen LogP contribution is 2.40. The molecule has 0 saturated carbocycles. The topological polar surface area (TPSA) is 21.7 Å². The molecule has 1 saturated heterocycles. The summed E-state index contributed by atoms with van der Waals surface area (Å²) in [5, 5.41) is 0. The van der Waals surface area contributed by atoms with Gasteiger partial charge in [-0.3, -0.25) is 4.90 Å². The van der Waals surface area contributed by atoms with Crippen LogP contribution in [0.5, 0.6) is 0 Å². The van der Waals surface area contributed by atoms with Gasteiger partial charge in [-0.05, 0) is 63.6 Å². The standard InChI is InChI=1S/C31H46BNO2/c1-7-9-21-28(29(22-10-8-2)32-34-30(3,4)31(5,6)35-32)25-33(23-26-17-13-11-14-18-26)24-27-19-15-12-16-20-27/h11-20H,7-10,21-25H2,1-6H3/b29-28+. The minimum absolute atomic E-state index is 0.256. The lowest BCUT2D eigenvalue weighted by molar-refractivity contribution is 0.00578. The van der Waals surface area contributed by atoms with Gasteiger partial charge >= 0.3 is 7.12 Å². The first-order chi connectivity index (χ1) is 16.8. The van der Waals surface area contributed by atoms with Crippen molar-refractivity contribution < 1.29 is 9.31 Å². The highest BCUT2D eigenvalue weighted by Gasteiger charge is 2.52. The molecule has 3 rings (SSSR count). The number of rotatable bonds is 13. The average Bonchev–Trinajstić information content (AvgIpc) is 3.05. The van der Waals surface area contributed by atoms with Crippen LogP contribution in [-0.2, 0) is 22.4 Å². The number of allylic oxidation sites excluding steroid dienone is 1. The van der Waals surface area contributed by atoms with Gasteiger partial charge in [0.1, 0.15) is 0 Å². The Morgan fingerprint density at radius 2 is 1.17 bits per heavy atom. The van der Waals surface area contributed by atoms with Crippen molar-refractivity contribution >= 4 is 7.12 Å². The predicted molar refractivity (Wildman–Crippen MR) is 149 cm³/mol. The number of benzene rings is 2. The molecule has 1 aliphatic heterocycles. The Bertz CT molecular complexity index is 866. The van der Waals surface area contributed by atoms with Gasteiger partial charge in [-0.2, -0.15) is 0 Å². The summed E-state index contributed by atoms with van der Waals surface area (Å²) in [6.45, 7) is 16.0. The second-order valence-electron chi connectivity index (χ2n) is 11.0. The quantitative estimate of drug-likeness (QED) is 0.274. The third-order valence-corrected chi connectivity index (χ3v) is 7.54. The van der Waals surface area contributed by atoms with Crippen molar-refractivity contribution in [1.29, 1.82) is 0 Å². The highest BCUT2D eigenvalue weighted by atomic mass is 16.7. The summed E-state index contributed by atoms with van der Waals surface area (Å²) < 4.78 is 13.2. The lowest BCUT2D eigenvalue weighted by Crippen LogP contribution is -2.41. The van der Waals surface area contributed by atoms with Gasteiger partial charge in [-0.15, -0.1) is 0 Å². The Morgan fingerprint density at radius 1 is 0.714 bits per heavy atom. The van der Waals surface area contributed by atoms with Crippen molar-refractivity contribution in [3.63, 3.8) is 0 Å². The maximum absolute atomic E-state index is 6.60. The van der Waals surface area contributed by atoms with E-state index < -0.39 is 0 Å². The molecule has 0 aromatic heterocycles. The molecule has 0 N–H and O–H groups in total. The van der Waals surface area contributed by atoms with Gasteiger partial charge in [-0.25, -0.2) is 0 Å². The maximum atomic E-state index is 6.60. The third kappa shape index (κ3) is 7.80. The molecular weight excluding hydrogens is 429 g/mol. The van der Waals surface area contributed by atoms with Crippen molar-refractivity contribution in [3.8, 4) is 0 Å². The van der Waals surface area contributed by atoms with Crippen LogP contribution in [0.3, 0.4) is 0 Å². The summed E-state index contributed by atoms with van der Waals surface area (Å²) in [6, 6.07) is 21.7. The van der Waals surface area contributed by atoms with Gasteiger partial charge in [0.05, 0.1) is 11.2 Å². The van der Waals surface area contributed by atoms with Crippen LogP contribution in [-0.4, -0.2) is 29.8 Å². The van der Waals surface area contributed by atoms with Crippen LogP contribution < -0.4 is 0 Å². The molecule has 0 radical (unpaired) electrons. The molecule has 0 bridgehead atoms. The zero-order valence-corrected chi connectivity index (χ0v) is 23.0. The van der Waals surface area contributed by atoms with Crippen LogP contribution >= 0.6 is 0 Å². The van der Waals surface area contributed by atoms with Gasteiger partial charge < -0.3 is 9.31 Å². The first-order valence-electron chi connectivity index (χ1n) is 13.6. The van der Waals surface area contributed by atoms with Crippen molar-refractivity contribution in [2.24, 2.45) is 0 Å². The molecule has 2 aromatic rings. The highest BCUT2D eigenvalue weighted by molar-refractivity contribution is 6.54. The molecule has 0 amide bonds. The van der Waals surface area contributed by atoms with Crippen LogP contribution in [0.4, 0.5) is 0 Å². The molecule has 4 heteroatoms. The van der Waals surface area contributed by atoms with Crippen LogP contribution in [0, 0.1) is 0 Å². The summed E-state index contributed by atoms with van der Waals surface area (Å²) in [5.41, 5.74) is 4.95. The summed E-state index contributed by atoms with van der Waals surface area (Å²) in [4.78, 5) is 2.59. The summed E-state index contributed by atoms with van der Waals surface area (Å²) in [6.07, 6.45) is 6.84. The van der Waals surface area contributed by atoms with Gasteiger partial charge in [0.25, 0.3) is 0 Å². The van der Waals surface area contributed by atoms with Crippen LogP contribution in [0.25, 0.3) is 0 Å². The van der Waals surface area contributed by atoms with E-state index in [1.807, 2.05) is 0 Å². The van der Waals surface area contributed by atoms with Crippen LogP contribution in [0.1, 0.15) is 91.2 Å². The molecule has 3 nitrogen and oxygen atoms in total. The average molecular weight is 476 g/mol. The van der Waals surface area contributed by atoms with Crippen molar-refractivity contribution in [2.75, 3.05) is 6.54 Å². The fourth-order valence-corrected chi connectivity index (χ4v) is 4.67. The summed E-state index contributed by atoms with van der Waals surface area (Å²) >= 11 is 0. The Morgan fingerprint density at radius 3 is 1.63 bits per heavy atom. The zero-order chi connectivity index (χ0) is 25.3. The van der Waals surface area contributed by atoms with Crippen molar-refractivity contribution in [3.05, 3.63) is 82.8 Å². The first-order valence-corrected chi connectivity index (χ1v) is 13.6. The predicted octanol–water partition coefficient (Wildman–Crippen LogP) is 8.00. The van der Waals surface area contributed by atoms with Gasteiger partial charge in [0.2, 0.25) is 0 Å². The number of hydrogen-bond donors (Lipinski definition) is 0. The van der Waals surface area contributed by atoms with Crippen LogP contribution in [0.2, 0.25) is 0 Å². The van der Waals surface area contributed by atoms with E-state index in [4.69, 9.17) is 9.31 Å². The van der Waals surface area contributed by atoms with Gasteiger partial charge in [0.15, 0.2) is 0 Å². The molecular formula is C31H46BNO2. The molecule has 2 aromatic carbocycles. The monoisotopic (exact) mass is 475 g/mol. The molecule has 0 aliphatic carbocycles. The summed E-state index contributed by atoms with van der Waals surface area (Å²) in [5.74, 6) is 0. The van der Waals surface area contributed by atoms with E-state index in [-0.39, 0.29) is 18.3 Å². The molecule has 35 heavy (non-hydrogen) atoms. The summed E-state index contributed by atoms with van der Waals surface area (Å²) in [7, 11) is -0.256. The Balaban J connectivity index is 1.96. The Kier molecular flexibility index (Phi) is 10.2. The SMILES string of the molecule is CCCC/C(CN(Cc1ccccc1)Cc1ccccc1)=C(/CCCC)B1OC(C)(C)C(C)(C)O1. The first kappa shape index (κ1) is 27.7. The molecule has 1 aliphatic rings. The maximum Gasteiger partial charge on any atom is 0.490 e. The number of hydrogen-bond acceptors (Lipinski definition) is 3. The minimum atomic E-state index is -0.321. The van der Waals surface area contributed by atoms with Gasteiger partial charge in [0, 0.05) is 19.6 Å². The molecule has 0 atom stereocenters. The largest absolute Gasteiger partial charge is 0.490 e. The fraction of sp³-hybridized carbons (Fsp3) is 0.548. The second-order valence-corrected chi connectivity index (χ2v) is 11.0. The zero-order valence-electron chi connectivity index (χ0n) is 23.0. The molecule has 0 unspecified atom stereocenters. The van der Waals surface area contributed by atoms with E-state index in [1.165, 1.54) is 41.4 Å². The lowest BCUT2D eigenvalue weighted by Gasteiger charge is -2.32. The van der Waals surface area contributed by atoms with Crippen molar-refractivity contribution in [1.82, 2.24) is 4.90 Å². The van der Waals surface area contributed by atoms with E-state index in [0.717, 1.165) is 38.9 Å². The normalized spacial score (nSPS) is 17.6. The van der Waals surface area contributed by atoms with Gasteiger partial charge in [-0.1, -0.05) is 99.3 Å². The number of nitrogens with zero attached hydrogens (tertiary/aromatic N) is 1. The molecule has 1 heterocycles. The third-order valence-electron chi connectivity index (χ3n) is 7.54. The van der Waals surface area contributed by atoms with E-state index in [1.54, 1.807) is 0 Å². The molecule has 190 valence electrons. The lowest BCUT2D eigenvalue weighted by atomic mass is 9.71. The smallest absolute Gasteiger partial charge is 0.400 e. The van der Waals surface area contributed by atoms with Crippen molar-refractivity contribution in [2.45, 2.75) is 104 Å². The van der Waals surface area contributed by atoms with E-state index >= 15 is 0 Å². The fourth-order valence-electron chi connectivity index (χ4n) is 4.67.